The Kier molecular flexibility index (Phi) is 5.70. The number of para-hydroxylation sites is 1. The van der Waals surface area contributed by atoms with E-state index in [1.807, 2.05) is 25.1 Å². The minimum absolute atomic E-state index is 0.154. The van der Waals surface area contributed by atoms with Gasteiger partial charge in [0.25, 0.3) is 0 Å². The maximum Gasteiger partial charge on any atom is 0.227 e. The number of hydrogen-bond acceptors (Lipinski definition) is 7. The summed E-state index contributed by atoms with van der Waals surface area (Å²) in [5.74, 6) is 0.147. The van der Waals surface area contributed by atoms with Crippen molar-refractivity contribution in [2.45, 2.75) is 31.3 Å². The van der Waals surface area contributed by atoms with Crippen LogP contribution in [0.25, 0.3) is 22.2 Å². The number of fused-ring (bicyclic) bond motifs is 1. The Morgan fingerprint density at radius 3 is 2.69 bits per heavy atom. The molecule has 0 aliphatic rings. The number of ether oxygens (including phenoxy) is 1. The van der Waals surface area contributed by atoms with Gasteiger partial charge in [-0.1, -0.05) is 24.3 Å². The van der Waals surface area contributed by atoms with Crippen molar-refractivity contribution in [2.24, 2.45) is 0 Å². The summed E-state index contributed by atoms with van der Waals surface area (Å²) in [6.45, 7) is 5.46. The number of anilines is 2. The number of aromatic nitrogens is 4. The topological polar surface area (TPSA) is 110 Å². The predicted molar refractivity (Wildman–Crippen MR) is 125 cm³/mol. The van der Waals surface area contributed by atoms with E-state index in [1.165, 1.54) is 7.11 Å². The van der Waals surface area contributed by atoms with Crippen molar-refractivity contribution in [1.29, 1.82) is 0 Å². The number of methoxy groups -OCH3 is 1. The summed E-state index contributed by atoms with van der Waals surface area (Å²) in [5, 5.41) is 11.4. The largest absolute Gasteiger partial charge is 0.378 e. The first-order chi connectivity index (χ1) is 15.2. The van der Waals surface area contributed by atoms with Crippen LogP contribution in [-0.2, 0) is 14.6 Å². The summed E-state index contributed by atoms with van der Waals surface area (Å²) in [6.07, 6.45) is 1.63. The van der Waals surface area contributed by atoms with Crippen molar-refractivity contribution in [3.05, 3.63) is 60.4 Å². The van der Waals surface area contributed by atoms with Crippen LogP contribution in [0.15, 0.2) is 59.6 Å². The maximum atomic E-state index is 13.1. The van der Waals surface area contributed by atoms with Gasteiger partial charge in [-0.25, -0.2) is 18.4 Å². The van der Waals surface area contributed by atoms with E-state index < -0.39 is 15.4 Å². The molecule has 2 aromatic carbocycles. The fourth-order valence-corrected chi connectivity index (χ4v) is 5.37. The molecule has 0 unspecified atom stereocenters. The molecule has 8 nitrogen and oxygen atoms in total. The Morgan fingerprint density at radius 2 is 1.91 bits per heavy atom. The van der Waals surface area contributed by atoms with Crippen LogP contribution < -0.4 is 5.32 Å². The smallest absolute Gasteiger partial charge is 0.227 e. The minimum atomic E-state index is -3.62. The number of nitrogens with one attached hydrogen (secondary N) is 2. The predicted octanol–water partition coefficient (Wildman–Crippen LogP) is 4.27. The highest BCUT2D eigenvalue weighted by Gasteiger charge is 2.29. The quantitative estimate of drug-likeness (QED) is 0.432. The zero-order valence-electron chi connectivity index (χ0n) is 18.4. The fourth-order valence-electron chi connectivity index (χ4n) is 3.44. The number of aromatic amines is 1. The van der Waals surface area contributed by atoms with Crippen LogP contribution in [-0.4, -0.2) is 47.0 Å². The van der Waals surface area contributed by atoms with Crippen LogP contribution in [0.1, 0.15) is 19.5 Å². The van der Waals surface area contributed by atoms with Crippen molar-refractivity contribution in [3.63, 3.8) is 0 Å². The first-order valence-electron chi connectivity index (χ1n) is 10.1. The van der Waals surface area contributed by atoms with Crippen LogP contribution in [0.2, 0.25) is 0 Å². The normalized spacial score (nSPS) is 12.2. The Balaban J connectivity index is 1.66. The molecule has 0 amide bonds. The second-order valence-corrected chi connectivity index (χ2v) is 10.1. The third kappa shape index (κ3) is 4.49. The summed E-state index contributed by atoms with van der Waals surface area (Å²) in [7, 11) is -2.12. The molecule has 0 saturated carbocycles. The lowest BCUT2D eigenvalue weighted by molar-refractivity contribution is 0.0426. The van der Waals surface area contributed by atoms with Crippen molar-refractivity contribution in [3.8, 4) is 11.3 Å². The molecule has 32 heavy (non-hydrogen) atoms. The molecule has 0 spiro atoms. The van der Waals surface area contributed by atoms with Crippen LogP contribution >= 0.6 is 0 Å². The summed E-state index contributed by atoms with van der Waals surface area (Å²) >= 11 is 0. The third-order valence-electron chi connectivity index (χ3n) is 5.26. The Morgan fingerprint density at radius 1 is 1.12 bits per heavy atom. The van der Waals surface area contributed by atoms with Gasteiger partial charge in [0.15, 0.2) is 9.84 Å². The molecule has 2 heterocycles. The maximum absolute atomic E-state index is 13.1. The molecule has 0 radical (unpaired) electrons. The SMILES string of the molecule is COC(C)(C)CS(=O)(=O)c1ccccc1Nc1nccc(-c2ccc3c(C)[nH]nc3c2)n1. The number of benzene rings is 2. The van der Waals surface area contributed by atoms with E-state index in [9.17, 15) is 8.42 Å². The van der Waals surface area contributed by atoms with Gasteiger partial charge in [-0.05, 0) is 45.0 Å². The third-order valence-corrected chi connectivity index (χ3v) is 7.36. The molecule has 0 aliphatic heterocycles. The summed E-state index contributed by atoms with van der Waals surface area (Å²) < 4.78 is 31.4. The van der Waals surface area contributed by atoms with E-state index in [-0.39, 0.29) is 10.6 Å². The van der Waals surface area contributed by atoms with Crippen LogP contribution in [0, 0.1) is 6.92 Å². The van der Waals surface area contributed by atoms with E-state index in [2.05, 4.69) is 25.5 Å². The highest BCUT2D eigenvalue weighted by molar-refractivity contribution is 7.91. The molecular formula is C23H25N5O3S. The fraction of sp³-hybridized carbons (Fsp3) is 0.261. The van der Waals surface area contributed by atoms with Crippen LogP contribution in [0.5, 0.6) is 0 Å². The van der Waals surface area contributed by atoms with Crippen molar-refractivity contribution in [1.82, 2.24) is 20.2 Å². The molecular weight excluding hydrogens is 426 g/mol. The van der Waals surface area contributed by atoms with Crippen molar-refractivity contribution < 1.29 is 13.2 Å². The van der Waals surface area contributed by atoms with Gasteiger partial charge >= 0.3 is 0 Å². The highest BCUT2D eigenvalue weighted by Crippen LogP contribution is 2.28. The van der Waals surface area contributed by atoms with Gasteiger partial charge in [-0.15, -0.1) is 0 Å². The van der Waals surface area contributed by atoms with E-state index >= 15 is 0 Å². The van der Waals surface area contributed by atoms with Gasteiger partial charge in [0.2, 0.25) is 5.95 Å². The van der Waals surface area contributed by atoms with Gasteiger partial charge < -0.3 is 10.1 Å². The second kappa shape index (κ2) is 8.33. The van der Waals surface area contributed by atoms with Crippen LogP contribution in [0.3, 0.4) is 0 Å². The van der Waals surface area contributed by atoms with E-state index in [1.54, 1.807) is 50.4 Å². The number of sulfone groups is 1. The molecule has 166 valence electrons. The standard InChI is InChI=1S/C23H25N5O3S/c1-15-17-10-9-16(13-20(17)28-27-15)18-11-12-24-22(25-18)26-19-7-5-6-8-21(19)32(29,30)14-23(2,3)31-4/h5-13H,14H2,1-4H3,(H,27,28)(H,24,25,26). The average Bonchev–Trinajstić information content (AvgIpc) is 3.14. The average molecular weight is 452 g/mol. The molecule has 0 fully saturated rings. The van der Waals surface area contributed by atoms with E-state index in [0.29, 0.717) is 17.3 Å². The minimum Gasteiger partial charge on any atom is -0.378 e. The van der Waals surface area contributed by atoms with Gasteiger partial charge in [-0.2, -0.15) is 5.10 Å². The van der Waals surface area contributed by atoms with Gasteiger partial charge in [0, 0.05) is 30.0 Å². The summed E-state index contributed by atoms with van der Waals surface area (Å²) in [4.78, 5) is 9.04. The first kappa shape index (κ1) is 21.9. The number of H-pyrrole nitrogens is 1. The molecule has 4 aromatic rings. The lowest BCUT2D eigenvalue weighted by atomic mass is 10.1. The Hall–Kier alpha value is -3.30. The molecule has 0 bridgehead atoms. The highest BCUT2D eigenvalue weighted by atomic mass is 32.2. The molecule has 4 rings (SSSR count). The number of nitrogens with zero attached hydrogens (tertiary/aromatic N) is 3. The van der Waals surface area contributed by atoms with Crippen molar-refractivity contribution >= 4 is 32.4 Å². The zero-order valence-corrected chi connectivity index (χ0v) is 19.2. The van der Waals surface area contributed by atoms with Crippen LogP contribution in [0.4, 0.5) is 11.6 Å². The molecule has 2 aromatic heterocycles. The molecule has 0 saturated heterocycles. The van der Waals surface area contributed by atoms with Gasteiger partial charge in [-0.3, -0.25) is 5.10 Å². The van der Waals surface area contributed by atoms with E-state index in [0.717, 1.165) is 22.2 Å². The number of rotatable bonds is 7. The zero-order chi connectivity index (χ0) is 22.9. The molecule has 0 atom stereocenters. The first-order valence-corrected chi connectivity index (χ1v) is 11.8. The summed E-state index contributed by atoms with van der Waals surface area (Å²) in [6, 6.07) is 14.4. The Bertz CT molecular complexity index is 1380. The lowest BCUT2D eigenvalue weighted by Gasteiger charge is -2.23. The molecule has 0 aliphatic carbocycles. The Labute approximate surface area is 187 Å². The van der Waals surface area contributed by atoms with Gasteiger partial charge in [0.1, 0.15) is 0 Å². The second-order valence-electron chi connectivity index (χ2n) is 8.19. The monoisotopic (exact) mass is 451 g/mol. The van der Waals surface area contributed by atoms with Gasteiger partial charge in [0.05, 0.1) is 33.1 Å². The lowest BCUT2D eigenvalue weighted by Crippen LogP contribution is -2.32. The van der Waals surface area contributed by atoms with Crippen molar-refractivity contribution in [2.75, 3.05) is 18.2 Å². The summed E-state index contributed by atoms with van der Waals surface area (Å²) in [5.41, 5.74) is 3.04. The number of hydrogen-bond donors (Lipinski definition) is 2. The van der Waals surface area contributed by atoms with E-state index in [4.69, 9.17) is 4.74 Å². The number of aryl methyl sites for hydroxylation is 1. The molecule has 9 heteroatoms. The molecule has 2 N–H and O–H groups in total.